The number of ether oxygens (including phenoxy) is 3. The molecule has 0 aliphatic heterocycles. The van der Waals surface area contributed by atoms with E-state index in [9.17, 15) is 4.79 Å². The van der Waals surface area contributed by atoms with Crippen LogP contribution in [-0.2, 0) is 14.3 Å². The zero-order valence-electron chi connectivity index (χ0n) is 22.5. The van der Waals surface area contributed by atoms with Crippen molar-refractivity contribution in [1.29, 1.82) is 0 Å². The molecule has 0 heterocycles. The Bertz CT molecular complexity index is 870. The van der Waals surface area contributed by atoms with Crippen LogP contribution in [0.4, 0.5) is 0 Å². The van der Waals surface area contributed by atoms with Gasteiger partial charge in [-0.15, -0.1) is 11.8 Å². The Morgan fingerprint density at radius 3 is 2.31 bits per heavy atom. The fourth-order valence-electron chi connectivity index (χ4n) is 3.87. The smallest absolute Gasteiger partial charge is 0.150 e. The van der Waals surface area contributed by atoms with Crippen LogP contribution in [0.3, 0.4) is 0 Å². The van der Waals surface area contributed by atoms with E-state index in [2.05, 4.69) is 22.2 Å². The van der Waals surface area contributed by atoms with Gasteiger partial charge in [-0.2, -0.15) is 0 Å². The van der Waals surface area contributed by atoms with Gasteiger partial charge in [-0.25, -0.2) is 0 Å². The summed E-state index contributed by atoms with van der Waals surface area (Å²) in [5.41, 5.74) is 9.14. The molecule has 0 radical (unpaired) electrons. The maximum absolute atomic E-state index is 10.4. The summed E-state index contributed by atoms with van der Waals surface area (Å²) in [5.74, 6) is 3.31. The highest BCUT2D eigenvalue weighted by Gasteiger charge is 2.17. The van der Waals surface area contributed by atoms with Gasteiger partial charge in [0.25, 0.3) is 0 Å². The monoisotopic (exact) mass is 516 g/mol. The molecule has 0 atom stereocenters. The van der Waals surface area contributed by atoms with E-state index in [1.54, 1.807) is 40.6 Å². The second kappa shape index (κ2) is 19.7. The molecule has 2 aliphatic rings. The van der Waals surface area contributed by atoms with Crippen LogP contribution in [0.25, 0.3) is 5.70 Å². The molecule has 1 fully saturated rings. The molecule has 0 bridgehead atoms. The lowest BCUT2D eigenvalue weighted by Crippen LogP contribution is -2.11. The number of nitrogens with two attached hydrogens (primary N) is 1. The van der Waals surface area contributed by atoms with Crippen molar-refractivity contribution in [2.75, 3.05) is 41.4 Å². The van der Waals surface area contributed by atoms with Crippen molar-refractivity contribution in [2.24, 2.45) is 11.7 Å². The van der Waals surface area contributed by atoms with E-state index in [0.717, 1.165) is 53.7 Å². The summed E-state index contributed by atoms with van der Waals surface area (Å²) in [6.07, 6.45) is 16.9. The van der Waals surface area contributed by atoms with Gasteiger partial charge in [0, 0.05) is 36.3 Å². The van der Waals surface area contributed by atoms with Gasteiger partial charge in [0.15, 0.2) is 0 Å². The lowest BCUT2D eigenvalue weighted by molar-refractivity contribution is -0.104. The maximum atomic E-state index is 10.4. The topological polar surface area (TPSA) is 82.8 Å². The molecule has 0 saturated heterocycles. The summed E-state index contributed by atoms with van der Waals surface area (Å²) < 4.78 is 14.5. The molecule has 7 heteroatoms. The van der Waals surface area contributed by atoms with Crippen molar-refractivity contribution >= 4 is 23.7 Å². The van der Waals surface area contributed by atoms with E-state index < -0.39 is 0 Å². The van der Waals surface area contributed by atoms with Crippen LogP contribution in [-0.4, -0.2) is 47.6 Å². The van der Waals surface area contributed by atoms with Crippen LogP contribution >= 0.6 is 11.8 Å². The Balaban J connectivity index is 0.000000386. The fraction of sp³-hybridized carbons (Fsp3) is 0.483. The van der Waals surface area contributed by atoms with Crippen molar-refractivity contribution in [2.45, 2.75) is 44.9 Å². The number of carbonyl (C=O) groups excluding carboxylic acids is 1. The first-order valence-electron chi connectivity index (χ1n) is 12.4. The molecule has 1 aromatic carbocycles. The average molecular weight is 517 g/mol. The summed E-state index contributed by atoms with van der Waals surface area (Å²) in [6, 6.07) is 8.05. The number of methoxy groups -OCH3 is 3. The largest absolute Gasteiger partial charge is 0.497 e. The van der Waals surface area contributed by atoms with Crippen molar-refractivity contribution in [3.8, 4) is 5.75 Å². The minimum Gasteiger partial charge on any atom is -0.497 e. The fourth-order valence-corrected chi connectivity index (χ4v) is 4.81. The Labute approximate surface area is 222 Å². The Kier molecular flexibility index (Phi) is 17.2. The summed E-state index contributed by atoms with van der Waals surface area (Å²) in [7, 11) is 8.51. The van der Waals surface area contributed by atoms with Gasteiger partial charge >= 0.3 is 0 Å². The third-order valence-electron chi connectivity index (χ3n) is 5.74. The van der Waals surface area contributed by atoms with Gasteiger partial charge in [-0.3, -0.25) is 4.79 Å². The third kappa shape index (κ3) is 12.5. The summed E-state index contributed by atoms with van der Waals surface area (Å²) in [6.45, 7) is 0. The molecule has 0 amide bonds. The molecule has 1 saturated carbocycles. The minimum absolute atomic E-state index is 0.649. The van der Waals surface area contributed by atoms with Crippen LogP contribution in [0.2, 0.25) is 0 Å². The quantitative estimate of drug-likeness (QED) is 0.305. The number of thioether (sulfide) groups is 1. The van der Waals surface area contributed by atoms with Gasteiger partial charge in [0.2, 0.25) is 0 Å². The number of aldehydes is 1. The molecule has 0 unspecified atom stereocenters. The van der Waals surface area contributed by atoms with Crippen molar-refractivity contribution in [3.05, 3.63) is 70.4 Å². The van der Waals surface area contributed by atoms with E-state index >= 15 is 0 Å². The van der Waals surface area contributed by atoms with Crippen LogP contribution in [0.15, 0.2) is 64.8 Å². The van der Waals surface area contributed by atoms with E-state index in [-0.39, 0.29) is 0 Å². The SMILES string of the molecule is CNCS/C(CC1CCCCC1)=C(\N)c1ccc(OC)cc1.COC.COC1=CCC=CC(C=O)=C1. The van der Waals surface area contributed by atoms with E-state index in [1.807, 2.05) is 43.1 Å². The molecule has 36 heavy (non-hydrogen) atoms. The second-order valence-electron chi connectivity index (χ2n) is 8.53. The first kappa shape index (κ1) is 31.5. The van der Waals surface area contributed by atoms with Gasteiger partial charge in [-0.1, -0.05) is 44.3 Å². The lowest BCUT2D eigenvalue weighted by atomic mass is 9.86. The number of allylic oxidation sites excluding steroid dienone is 6. The molecular weight excluding hydrogens is 472 g/mol. The van der Waals surface area contributed by atoms with Crippen molar-refractivity contribution in [3.63, 3.8) is 0 Å². The minimum atomic E-state index is 0.649. The van der Waals surface area contributed by atoms with Crippen molar-refractivity contribution in [1.82, 2.24) is 5.32 Å². The molecule has 6 nitrogen and oxygen atoms in total. The molecular formula is C29H44N2O4S. The van der Waals surface area contributed by atoms with Crippen LogP contribution in [0.5, 0.6) is 5.75 Å². The highest BCUT2D eigenvalue weighted by molar-refractivity contribution is 8.03. The number of benzene rings is 1. The lowest BCUT2D eigenvalue weighted by Gasteiger charge is -2.23. The third-order valence-corrected chi connectivity index (χ3v) is 6.91. The van der Waals surface area contributed by atoms with Gasteiger partial charge in [0.05, 0.1) is 14.2 Å². The van der Waals surface area contributed by atoms with Gasteiger partial charge < -0.3 is 25.3 Å². The summed E-state index contributed by atoms with van der Waals surface area (Å²) in [5, 5.41) is 3.21. The predicted molar refractivity (Wildman–Crippen MR) is 153 cm³/mol. The zero-order valence-corrected chi connectivity index (χ0v) is 23.4. The summed E-state index contributed by atoms with van der Waals surface area (Å²) in [4.78, 5) is 11.7. The molecule has 3 N–H and O–H groups in total. The molecule has 0 aromatic heterocycles. The zero-order chi connectivity index (χ0) is 26.6. The van der Waals surface area contributed by atoms with E-state index in [1.165, 1.54) is 37.0 Å². The first-order valence-corrected chi connectivity index (χ1v) is 13.4. The Morgan fingerprint density at radius 2 is 1.75 bits per heavy atom. The van der Waals surface area contributed by atoms with Crippen LogP contribution in [0.1, 0.15) is 50.5 Å². The van der Waals surface area contributed by atoms with Gasteiger partial charge in [0.1, 0.15) is 17.8 Å². The molecule has 200 valence electrons. The number of hydrogen-bond donors (Lipinski definition) is 2. The highest BCUT2D eigenvalue weighted by atomic mass is 32.2. The normalized spacial score (nSPS) is 16.0. The average Bonchev–Trinajstić information content (AvgIpc) is 3.17. The first-order chi connectivity index (χ1) is 17.5. The second-order valence-corrected chi connectivity index (χ2v) is 9.61. The number of carbonyl (C=O) groups is 1. The Morgan fingerprint density at radius 1 is 1.08 bits per heavy atom. The van der Waals surface area contributed by atoms with E-state index in [0.29, 0.717) is 5.57 Å². The van der Waals surface area contributed by atoms with Crippen molar-refractivity contribution < 1.29 is 19.0 Å². The predicted octanol–water partition coefficient (Wildman–Crippen LogP) is 6.07. The molecule has 0 spiro atoms. The van der Waals surface area contributed by atoms with Crippen LogP contribution in [0, 0.1) is 5.92 Å². The Hall–Kier alpha value is -2.48. The number of rotatable bonds is 9. The molecule has 3 rings (SSSR count). The maximum Gasteiger partial charge on any atom is 0.150 e. The molecule has 1 aromatic rings. The number of hydrogen-bond acceptors (Lipinski definition) is 7. The molecule has 2 aliphatic carbocycles. The number of nitrogens with one attached hydrogen (secondary N) is 1. The highest BCUT2D eigenvalue weighted by Crippen LogP contribution is 2.35. The van der Waals surface area contributed by atoms with Crippen LogP contribution < -0.4 is 15.8 Å². The standard InChI is InChI=1S/C18H28N2OS.C9H10O2.C2H6O/c1-20-13-22-17(12-14-6-4-3-5-7-14)18(19)15-8-10-16(21-2)11-9-15;1-11-9-5-3-2-4-8(6-9)7-10;1-3-2/h8-11,14,20H,3-7,12-13,19H2,1-2H3;2,4-7H,3H2,1H3;1-2H3/b18-17-;;. The van der Waals surface area contributed by atoms with Gasteiger partial charge in [-0.05, 0) is 67.8 Å². The van der Waals surface area contributed by atoms with E-state index in [4.69, 9.17) is 15.2 Å². The summed E-state index contributed by atoms with van der Waals surface area (Å²) >= 11 is 1.84.